The van der Waals surface area contributed by atoms with Gasteiger partial charge in [-0.2, -0.15) is 0 Å². The fourth-order valence-corrected chi connectivity index (χ4v) is 4.56. The number of epoxide rings is 1. The molecule has 5 atom stereocenters. The van der Waals surface area contributed by atoms with Crippen LogP contribution in [0.4, 0.5) is 4.79 Å². The second-order valence-corrected chi connectivity index (χ2v) is 7.77. The Morgan fingerprint density at radius 3 is 3.00 bits per heavy atom. The molecule has 0 radical (unpaired) electrons. The molecular weight excluding hydrogens is 376 g/mol. The molecule has 1 aromatic heterocycles. The number of nitrogens with zero attached hydrogens (tertiary/aromatic N) is 1. The van der Waals surface area contributed by atoms with Crippen LogP contribution in [-0.4, -0.2) is 47.0 Å². The van der Waals surface area contributed by atoms with E-state index in [1.165, 1.54) is 13.3 Å². The number of hydrogen-bond acceptors (Lipinski definition) is 6. The third kappa shape index (κ3) is 2.93. The van der Waals surface area contributed by atoms with E-state index >= 15 is 0 Å². The van der Waals surface area contributed by atoms with Crippen molar-refractivity contribution in [2.45, 2.75) is 37.9 Å². The van der Waals surface area contributed by atoms with Gasteiger partial charge in [0.15, 0.2) is 0 Å². The largest absolute Gasteiger partial charge is 0.461 e. The Morgan fingerprint density at radius 1 is 1.38 bits per heavy atom. The summed E-state index contributed by atoms with van der Waals surface area (Å²) in [6.45, 7) is 2.25. The predicted octanol–water partition coefficient (Wildman–Crippen LogP) is 1.57. The Balaban J connectivity index is 1.31. The summed E-state index contributed by atoms with van der Waals surface area (Å²) in [4.78, 5) is 32.2. The highest BCUT2D eigenvalue weighted by atomic mass is 16.7. The van der Waals surface area contributed by atoms with Crippen molar-refractivity contribution in [3.05, 3.63) is 41.9 Å². The molecule has 2 aliphatic heterocycles. The Hall–Kier alpha value is -3.07. The first-order valence-electron chi connectivity index (χ1n) is 9.63. The predicted molar refractivity (Wildman–Crippen MR) is 101 cm³/mol. The van der Waals surface area contributed by atoms with Crippen molar-refractivity contribution in [1.82, 2.24) is 20.6 Å². The lowest BCUT2D eigenvalue weighted by Crippen LogP contribution is -2.45. The number of rotatable bonds is 4. The monoisotopic (exact) mass is 398 g/mol. The van der Waals surface area contributed by atoms with Gasteiger partial charge in [0.05, 0.1) is 41.4 Å². The van der Waals surface area contributed by atoms with E-state index in [9.17, 15) is 9.59 Å². The smallest absolute Gasteiger partial charge is 0.409 e. The highest BCUT2D eigenvalue weighted by Gasteiger charge is 2.70. The lowest BCUT2D eigenvalue weighted by atomic mass is 9.82. The van der Waals surface area contributed by atoms with Gasteiger partial charge in [0.25, 0.3) is 12.2 Å². The molecule has 9 heteroatoms. The van der Waals surface area contributed by atoms with Crippen LogP contribution in [0.15, 0.2) is 36.1 Å². The molecule has 9 nitrogen and oxygen atoms in total. The first kappa shape index (κ1) is 18.0. The molecule has 0 bridgehead atoms. The zero-order chi connectivity index (χ0) is 20.2. The van der Waals surface area contributed by atoms with E-state index < -0.39 is 18.0 Å². The van der Waals surface area contributed by atoms with Crippen LogP contribution in [-0.2, 0) is 25.5 Å². The molecule has 3 aliphatic rings. The number of benzene rings is 1. The van der Waals surface area contributed by atoms with Crippen molar-refractivity contribution in [2.24, 2.45) is 11.8 Å². The minimum atomic E-state index is -0.788. The van der Waals surface area contributed by atoms with Gasteiger partial charge in [0.2, 0.25) is 0 Å². The van der Waals surface area contributed by atoms with Gasteiger partial charge in [-0.05, 0) is 25.5 Å². The summed E-state index contributed by atoms with van der Waals surface area (Å²) in [7, 11) is 1.49. The summed E-state index contributed by atoms with van der Waals surface area (Å²) < 4.78 is 16.8. The van der Waals surface area contributed by atoms with Crippen molar-refractivity contribution >= 4 is 23.0 Å². The minimum absolute atomic E-state index is 0.0431. The van der Waals surface area contributed by atoms with Crippen molar-refractivity contribution in [3.63, 3.8) is 0 Å². The van der Waals surface area contributed by atoms with Crippen molar-refractivity contribution in [1.29, 1.82) is 0 Å². The number of nitrogens with one attached hydrogen (secondary N) is 3. The molecule has 1 aromatic carbocycles. The minimum Gasteiger partial charge on any atom is -0.461 e. The highest BCUT2D eigenvalue weighted by molar-refractivity contribution is 5.94. The third-order valence-electron chi connectivity index (χ3n) is 6.11. The number of para-hydroxylation sites is 2. The van der Waals surface area contributed by atoms with Crippen LogP contribution in [0.25, 0.3) is 11.0 Å². The van der Waals surface area contributed by atoms with Gasteiger partial charge in [0, 0.05) is 13.0 Å². The quantitative estimate of drug-likeness (QED) is 0.673. The Labute approximate surface area is 166 Å². The molecule has 152 valence electrons. The van der Waals surface area contributed by atoms with Crippen molar-refractivity contribution in [3.8, 4) is 0 Å². The first-order chi connectivity index (χ1) is 14.0. The standard InChI is InChI=1S/C20H22N4O5/c1-20-14(29-20)7-10-11(9-27-18(16(10)20)28-19(26)21-2)17(25)22-8-15-23-12-5-3-4-6-13(12)24-15/h3-6,9-10,14,16,18H,7-8H2,1-2H3,(H,21,26)(H,22,25)(H,23,24)/t10?,14?,16?,18?,20-/m0/s1. The SMILES string of the molecule is CNC(=O)OC1OC=C(C(=O)NCc2nc3ccccc3[nH]2)C2CC3O[C@]3(C)C12. The summed E-state index contributed by atoms with van der Waals surface area (Å²) in [5.41, 5.74) is 1.88. The lowest BCUT2D eigenvalue weighted by molar-refractivity contribution is -0.142. The number of aromatic nitrogens is 2. The molecule has 5 rings (SSSR count). The number of hydrogen-bond donors (Lipinski definition) is 3. The molecule has 4 unspecified atom stereocenters. The maximum atomic E-state index is 12.9. The summed E-state index contributed by atoms with van der Waals surface area (Å²) >= 11 is 0. The number of fused-ring (bicyclic) bond motifs is 4. The highest BCUT2D eigenvalue weighted by Crippen LogP contribution is 2.60. The molecule has 29 heavy (non-hydrogen) atoms. The topological polar surface area (TPSA) is 118 Å². The molecule has 2 fully saturated rings. The molecule has 3 heterocycles. The molecule has 1 saturated carbocycles. The van der Waals surface area contributed by atoms with Crippen LogP contribution in [0.1, 0.15) is 19.2 Å². The van der Waals surface area contributed by atoms with Crippen LogP contribution in [0.3, 0.4) is 0 Å². The molecule has 2 amide bonds. The summed E-state index contributed by atoms with van der Waals surface area (Å²) in [6, 6.07) is 7.70. The molecule has 2 aromatic rings. The fourth-order valence-electron chi connectivity index (χ4n) is 4.56. The van der Waals surface area contributed by atoms with Crippen molar-refractivity contribution < 1.29 is 23.8 Å². The van der Waals surface area contributed by atoms with E-state index in [1.807, 2.05) is 31.2 Å². The average Bonchev–Trinajstić information content (AvgIpc) is 3.07. The second-order valence-electron chi connectivity index (χ2n) is 7.77. The Bertz CT molecular complexity index is 984. The van der Waals surface area contributed by atoms with Gasteiger partial charge in [-0.15, -0.1) is 0 Å². The van der Waals surface area contributed by atoms with Gasteiger partial charge in [-0.25, -0.2) is 9.78 Å². The summed E-state index contributed by atoms with van der Waals surface area (Å²) in [6.07, 6.45) is 0.789. The fraction of sp³-hybridized carbons (Fsp3) is 0.450. The third-order valence-corrected chi connectivity index (χ3v) is 6.11. The molecule has 1 aliphatic carbocycles. The lowest BCUT2D eigenvalue weighted by Gasteiger charge is -2.36. The van der Waals surface area contributed by atoms with Gasteiger partial charge >= 0.3 is 6.09 Å². The number of H-pyrrole nitrogens is 1. The van der Waals surface area contributed by atoms with Crippen LogP contribution in [0, 0.1) is 11.8 Å². The number of alkyl carbamates (subject to hydrolysis) is 1. The second kappa shape index (κ2) is 6.48. The zero-order valence-corrected chi connectivity index (χ0v) is 16.1. The van der Waals surface area contributed by atoms with Crippen LogP contribution >= 0.6 is 0 Å². The van der Waals surface area contributed by atoms with Gasteiger partial charge in [-0.1, -0.05) is 12.1 Å². The molecule has 0 spiro atoms. The van der Waals surface area contributed by atoms with E-state index in [4.69, 9.17) is 14.2 Å². The number of imidazole rings is 1. The molecular formula is C20H22N4O5. The Morgan fingerprint density at radius 2 is 2.21 bits per heavy atom. The van der Waals surface area contributed by atoms with E-state index in [0.717, 1.165) is 11.0 Å². The molecule has 3 N–H and O–H groups in total. The average molecular weight is 398 g/mol. The summed E-state index contributed by atoms with van der Waals surface area (Å²) in [5, 5.41) is 5.33. The van der Waals surface area contributed by atoms with E-state index in [1.54, 1.807) is 0 Å². The molecule has 1 saturated heterocycles. The van der Waals surface area contributed by atoms with Crippen LogP contribution < -0.4 is 10.6 Å². The first-order valence-corrected chi connectivity index (χ1v) is 9.63. The number of carbonyl (C=O) groups is 2. The maximum Gasteiger partial charge on any atom is 0.409 e. The van der Waals surface area contributed by atoms with Crippen LogP contribution in [0.2, 0.25) is 0 Å². The van der Waals surface area contributed by atoms with Crippen LogP contribution in [0.5, 0.6) is 0 Å². The van der Waals surface area contributed by atoms with E-state index in [-0.39, 0.29) is 30.4 Å². The number of ether oxygens (including phenoxy) is 3. The zero-order valence-electron chi connectivity index (χ0n) is 16.1. The number of amides is 2. The number of carbonyl (C=O) groups excluding carboxylic acids is 2. The maximum absolute atomic E-state index is 12.9. The van der Waals surface area contributed by atoms with Gasteiger partial charge in [-0.3, -0.25) is 4.79 Å². The van der Waals surface area contributed by atoms with Gasteiger partial charge < -0.3 is 29.8 Å². The Kier molecular flexibility index (Phi) is 4.02. The summed E-state index contributed by atoms with van der Waals surface area (Å²) in [5.74, 6) is 0.127. The van der Waals surface area contributed by atoms with E-state index in [0.29, 0.717) is 17.8 Å². The van der Waals surface area contributed by atoms with Crippen molar-refractivity contribution in [2.75, 3.05) is 7.05 Å². The normalized spacial score (nSPS) is 31.9. The number of aromatic amines is 1. The van der Waals surface area contributed by atoms with E-state index in [2.05, 4.69) is 20.6 Å². The van der Waals surface area contributed by atoms with Gasteiger partial charge in [0.1, 0.15) is 11.4 Å².